The molecule has 2 rings (SSSR count). The number of hydrogen-bond donors (Lipinski definition) is 2. The Kier molecular flexibility index (Phi) is 5.29. The number of nitrogens with one attached hydrogen (secondary N) is 2. The summed E-state index contributed by atoms with van der Waals surface area (Å²) in [6, 6.07) is 5.64. The van der Waals surface area contributed by atoms with Crippen molar-refractivity contribution < 1.29 is 13.2 Å². The van der Waals surface area contributed by atoms with Crippen LogP contribution in [0.25, 0.3) is 0 Å². The number of hydrogen-bond acceptors (Lipinski definition) is 4. The molecule has 1 aliphatic heterocycles. The van der Waals surface area contributed by atoms with Gasteiger partial charge in [0.05, 0.1) is 16.7 Å². The highest BCUT2D eigenvalue weighted by Gasteiger charge is 2.23. The average molecular weight is 328 g/mol. The van der Waals surface area contributed by atoms with Gasteiger partial charge in [0.25, 0.3) is 0 Å². The number of thioether (sulfide) groups is 1. The minimum Gasteiger partial charge on any atom is -0.324 e. The highest BCUT2D eigenvalue weighted by atomic mass is 32.2. The molecule has 1 aromatic rings. The Morgan fingerprint density at radius 1 is 1.38 bits per heavy atom. The van der Waals surface area contributed by atoms with E-state index >= 15 is 0 Å². The number of amides is 1. The van der Waals surface area contributed by atoms with Crippen LogP contribution < -0.4 is 10.0 Å². The first-order valence-corrected chi connectivity index (χ1v) is 9.52. The summed E-state index contributed by atoms with van der Waals surface area (Å²) >= 11 is 1.51. The molecule has 1 aliphatic rings. The van der Waals surface area contributed by atoms with Crippen molar-refractivity contribution in [3.8, 4) is 0 Å². The molecule has 116 valence electrons. The molecule has 21 heavy (non-hydrogen) atoms. The standard InChI is InChI=1S/C14H20N2O3S2/c1-3-4-7-21(18,19)15-9-11-5-6-13-12(8-11)16-14(17)10(2)20-13/h5-6,8,10,15H,3-4,7,9H2,1-2H3,(H,16,17). The lowest BCUT2D eigenvalue weighted by Crippen LogP contribution is -2.27. The Hall–Kier alpha value is -1.05. The molecular weight excluding hydrogens is 308 g/mol. The van der Waals surface area contributed by atoms with Crippen molar-refractivity contribution in [1.29, 1.82) is 0 Å². The number of carbonyl (C=O) groups is 1. The van der Waals surface area contributed by atoms with Crippen molar-refractivity contribution >= 4 is 33.4 Å². The lowest BCUT2D eigenvalue weighted by molar-refractivity contribution is -0.115. The van der Waals surface area contributed by atoms with Crippen LogP contribution in [-0.2, 0) is 21.4 Å². The van der Waals surface area contributed by atoms with Crippen molar-refractivity contribution in [2.75, 3.05) is 11.1 Å². The molecule has 1 heterocycles. The van der Waals surface area contributed by atoms with Crippen molar-refractivity contribution in [2.24, 2.45) is 0 Å². The van der Waals surface area contributed by atoms with Crippen LogP contribution in [-0.4, -0.2) is 25.3 Å². The van der Waals surface area contributed by atoms with Gasteiger partial charge in [0.15, 0.2) is 0 Å². The second-order valence-electron chi connectivity index (χ2n) is 5.07. The van der Waals surface area contributed by atoms with Crippen LogP contribution in [0.3, 0.4) is 0 Å². The molecule has 0 aromatic heterocycles. The first-order chi connectivity index (χ1) is 9.91. The predicted molar refractivity (Wildman–Crippen MR) is 85.9 cm³/mol. The van der Waals surface area contributed by atoms with E-state index in [9.17, 15) is 13.2 Å². The van der Waals surface area contributed by atoms with Gasteiger partial charge in [-0.05, 0) is 31.0 Å². The second kappa shape index (κ2) is 6.81. The molecule has 1 amide bonds. The van der Waals surface area contributed by atoms with E-state index in [1.54, 1.807) is 0 Å². The van der Waals surface area contributed by atoms with E-state index in [1.165, 1.54) is 11.8 Å². The number of carbonyl (C=O) groups excluding carboxylic acids is 1. The molecule has 2 N–H and O–H groups in total. The molecule has 1 aromatic carbocycles. The van der Waals surface area contributed by atoms with Gasteiger partial charge < -0.3 is 5.32 Å². The Bertz CT molecular complexity index is 629. The molecule has 5 nitrogen and oxygen atoms in total. The van der Waals surface area contributed by atoms with Gasteiger partial charge in [-0.3, -0.25) is 4.79 Å². The van der Waals surface area contributed by atoms with Crippen molar-refractivity contribution in [1.82, 2.24) is 4.72 Å². The summed E-state index contributed by atoms with van der Waals surface area (Å²) in [5, 5.41) is 2.74. The molecule has 0 radical (unpaired) electrons. The monoisotopic (exact) mass is 328 g/mol. The van der Waals surface area contributed by atoms with E-state index in [4.69, 9.17) is 0 Å². The third-order valence-electron chi connectivity index (χ3n) is 3.24. The van der Waals surface area contributed by atoms with E-state index in [2.05, 4.69) is 10.0 Å². The molecule has 1 unspecified atom stereocenters. The SMILES string of the molecule is CCCCS(=O)(=O)NCc1ccc2c(c1)NC(=O)C(C)S2. The van der Waals surface area contributed by atoms with Gasteiger partial charge in [-0.1, -0.05) is 19.4 Å². The van der Waals surface area contributed by atoms with Crippen LogP contribution in [0, 0.1) is 0 Å². The van der Waals surface area contributed by atoms with Crippen molar-refractivity contribution in [3.05, 3.63) is 23.8 Å². The number of anilines is 1. The van der Waals surface area contributed by atoms with Gasteiger partial charge >= 0.3 is 0 Å². The van der Waals surface area contributed by atoms with Crippen LogP contribution in [0.4, 0.5) is 5.69 Å². The number of rotatable bonds is 6. The Labute approximate surface area is 129 Å². The Balaban J connectivity index is 2.03. The maximum absolute atomic E-state index is 11.8. The van der Waals surface area contributed by atoms with Crippen LogP contribution in [0.5, 0.6) is 0 Å². The molecule has 7 heteroatoms. The van der Waals surface area contributed by atoms with Gasteiger partial charge in [-0.25, -0.2) is 13.1 Å². The van der Waals surface area contributed by atoms with Crippen LogP contribution in [0.1, 0.15) is 32.3 Å². The number of benzene rings is 1. The molecule has 0 bridgehead atoms. The fourth-order valence-corrected chi connectivity index (χ4v) is 4.10. The van der Waals surface area contributed by atoms with Crippen molar-refractivity contribution in [2.45, 2.75) is 43.4 Å². The van der Waals surface area contributed by atoms with E-state index in [-0.39, 0.29) is 23.5 Å². The molecule has 0 saturated heterocycles. The average Bonchev–Trinajstić information content (AvgIpc) is 2.44. The fraction of sp³-hybridized carbons (Fsp3) is 0.500. The van der Waals surface area contributed by atoms with Gasteiger partial charge in [-0.15, -0.1) is 11.8 Å². The third-order valence-corrected chi connectivity index (χ3v) is 5.83. The van der Waals surface area contributed by atoms with Crippen LogP contribution in [0.2, 0.25) is 0 Å². The molecular formula is C14H20N2O3S2. The van der Waals surface area contributed by atoms with Gasteiger partial charge in [0.2, 0.25) is 15.9 Å². The summed E-state index contributed by atoms with van der Waals surface area (Å²) in [5.74, 6) is 0.131. The highest BCUT2D eigenvalue weighted by molar-refractivity contribution is 8.01. The summed E-state index contributed by atoms with van der Waals surface area (Å²) in [7, 11) is -3.23. The van der Waals surface area contributed by atoms with E-state index in [0.717, 1.165) is 22.6 Å². The van der Waals surface area contributed by atoms with Crippen molar-refractivity contribution in [3.63, 3.8) is 0 Å². The molecule has 0 spiro atoms. The number of unbranched alkanes of at least 4 members (excludes halogenated alkanes) is 1. The molecule has 0 fully saturated rings. The minimum atomic E-state index is -3.23. The third kappa shape index (κ3) is 4.46. The number of sulfonamides is 1. The smallest absolute Gasteiger partial charge is 0.237 e. The van der Waals surface area contributed by atoms with Gasteiger partial charge in [-0.2, -0.15) is 0 Å². The number of fused-ring (bicyclic) bond motifs is 1. The summed E-state index contributed by atoms with van der Waals surface area (Å²) in [6.07, 6.45) is 1.51. The minimum absolute atomic E-state index is 0.0202. The summed E-state index contributed by atoms with van der Waals surface area (Å²) in [6.45, 7) is 4.06. The lowest BCUT2D eigenvalue weighted by atomic mass is 10.2. The zero-order chi connectivity index (χ0) is 15.5. The molecule has 0 saturated carbocycles. The van der Waals surface area contributed by atoms with E-state index < -0.39 is 10.0 Å². The fourth-order valence-electron chi connectivity index (χ4n) is 1.97. The van der Waals surface area contributed by atoms with E-state index in [0.29, 0.717) is 6.42 Å². The van der Waals surface area contributed by atoms with Crippen LogP contribution in [0.15, 0.2) is 23.1 Å². The molecule has 1 atom stereocenters. The first kappa shape index (κ1) is 16.3. The Morgan fingerprint density at radius 2 is 2.14 bits per heavy atom. The second-order valence-corrected chi connectivity index (χ2v) is 8.38. The summed E-state index contributed by atoms with van der Waals surface area (Å²) < 4.78 is 26.1. The van der Waals surface area contributed by atoms with E-state index in [1.807, 2.05) is 32.0 Å². The largest absolute Gasteiger partial charge is 0.324 e. The zero-order valence-corrected chi connectivity index (χ0v) is 13.8. The first-order valence-electron chi connectivity index (χ1n) is 6.99. The summed E-state index contributed by atoms with van der Waals surface area (Å²) in [4.78, 5) is 12.7. The quantitative estimate of drug-likeness (QED) is 0.840. The van der Waals surface area contributed by atoms with Gasteiger partial charge in [0.1, 0.15) is 0 Å². The normalized spacial score (nSPS) is 18.2. The van der Waals surface area contributed by atoms with Crippen LogP contribution >= 0.6 is 11.8 Å². The zero-order valence-electron chi connectivity index (χ0n) is 12.2. The predicted octanol–water partition coefficient (Wildman–Crippen LogP) is 2.34. The van der Waals surface area contributed by atoms with Gasteiger partial charge in [0, 0.05) is 11.4 Å². The maximum Gasteiger partial charge on any atom is 0.237 e. The Morgan fingerprint density at radius 3 is 2.86 bits per heavy atom. The molecule has 0 aliphatic carbocycles. The maximum atomic E-state index is 11.8. The lowest BCUT2D eigenvalue weighted by Gasteiger charge is -2.22. The highest BCUT2D eigenvalue weighted by Crippen LogP contribution is 2.35. The summed E-state index contributed by atoms with van der Waals surface area (Å²) in [5.41, 5.74) is 1.60. The topological polar surface area (TPSA) is 75.3 Å².